The lowest BCUT2D eigenvalue weighted by molar-refractivity contribution is 0.0980. The van der Waals surface area contributed by atoms with E-state index >= 15 is 0 Å². The van der Waals surface area contributed by atoms with E-state index in [1.165, 1.54) is 19.2 Å². The van der Waals surface area contributed by atoms with Gasteiger partial charge in [-0.25, -0.2) is 4.39 Å². The topological polar surface area (TPSA) is 26.3 Å². The van der Waals surface area contributed by atoms with E-state index in [2.05, 4.69) is 0 Å². The number of Topliss-reactive ketones (excluding diaryl/α,β-unsaturated/α-hetero) is 1. The number of methoxy groups -OCH3 is 1. The number of ether oxygens (including phenoxy) is 1. The van der Waals surface area contributed by atoms with Crippen molar-refractivity contribution < 1.29 is 13.9 Å². The van der Waals surface area contributed by atoms with Gasteiger partial charge < -0.3 is 4.74 Å². The predicted octanol–water partition coefficient (Wildman–Crippen LogP) is 3.30. The molecule has 1 unspecified atom stereocenters. The molecule has 0 N–H and O–H groups in total. The number of ketones is 1. The van der Waals surface area contributed by atoms with Crippen LogP contribution in [0.4, 0.5) is 4.39 Å². The third-order valence-corrected chi connectivity index (χ3v) is 4.30. The average Bonchev–Trinajstić information content (AvgIpc) is 2.39. The summed E-state index contributed by atoms with van der Waals surface area (Å²) in [7, 11) is 1.40. The van der Waals surface area contributed by atoms with Gasteiger partial charge in [-0.1, -0.05) is 12.5 Å². The van der Waals surface area contributed by atoms with Crippen molar-refractivity contribution in [2.45, 2.75) is 24.5 Å². The van der Waals surface area contributed by atoms with Gasteiger partial charge in [0, 0.05) is 0 Å². The van der Waals surface area contributed by atoms with Crippen molar-refractivity contribution in [2.75, 3.05) is 12.9 Å². The summed E-state index contributed by atoms with van der Waals surface area (Å²) < 4.78 is 18.8. The Labute approximate surface area is 105 Å². The summed E-state index contributed by atoms with van der Waals surface area (Å²) in [5.74, 6) is 0.482. The molecule has 0 radical (unpaired) electrons. The van der Waals surface area contributed by atoms with Crippen molar-refractivity contribution in [1.82, 2.24) is 0 Å². The molecule has 0 spiro atoms. The van der Waals surface area contributed by atoms with Gasteiger partial charge in [0.15, 0.2) is 17.3 Å². The summed E-state index contributed by atoms with van der Waals surface area (Å²) in [6.07, 6.45) is 3.05. The molecule has 0 bridgehead atoms. The van der Waals surface area contributed by atoms with E-state index in [0.717, 1.165) is 25.0 Å². The molecule has 1 atom stereocenters. The molecule has 1 saturated heterocycles. The van der Waals surface area contributed by atoms with E-state index < -0.39 is 5.82 Å². The molecule has 4 heteroatoms. The highest BCUT2D eigenvalue weighted by molar-refractivity contribution is 8.00. The molecule has 0 aromatic heterocycles. The third-order valence-electron chi connectivity index (χ3n) is 2.92. The molecule has 92 valence electrons. The molecule has 2 nitrogen and oxygen atoms in total. The first-order chi connectivity index (χ1) is 8.24. The van der Waals surface area contributed by atoms with E-state index in [1.807, 2.05) is 0 Å². The van der Waals surface area contributed by atoms with Crippen LogP contribution in [-0.2, 0) is 0 Å². The minimum atomic E-state index is -0.536. The summed E-state index contributed by atoms with van der Waals surface area (Å²) in [5, 5.41) is -0.0923. The Hall–Kier alpha value is -1.03. The summed E-state index contributed by atoms with van der Waals surface area (Å²) in [4.78, 5) is 12.2. The van der Waals surface area contributed by atoms with Crippen molar-refractivity contribution in [3.05, 3.63) is 29.6 Å². The number of halogens is 1. The Morgan fingerprint density at radius 2 is 2.29 bits per heavy atom. The Morgan fingerprint density at radius 1 is 1.47 bits per heavy atom. The smallest absolute Gasteiger partial charge is 0.178 e. The number of hydrogen-bond acceptors (Lipinski definition) is 3. The molecule has 17 heavy (non-hydrogen) atoms. The van der Waals surface area contributed by atoms with E-state index in [0.29, 0.717) is 0 Å². The number of rotatable bonds is 3. The number of benzene rings is 1. The first-order valence-corrected chi connectivity index (χ1v) is 6.77. The van der Waals surface area contributed by atoms with Gasteiger partial charge in [-0.15, -0.1) is 0 Å². The number of hydrogen-bond donors (Lipinski definition) is 0. The van der Waals surface area contributed by atoms with Gasteiger partial charge in [-0.05, 0) is 30.7 Å². The fourth-order valence-electron chi connectivity index (χ4n) is 1.98. The molecule has 0 aliphatic carbocycles. The van der Waals surface area contributed by atoms with Crippen molar-refractivity contribution in [3.8, 4) is 5.75 Å². The summed E-state index contributed by atoms with van der Waals surface area (Å²) in [6.45, 7) is 0. The van der Waals surface area contributed by atoms with Gasteiger partial charge in [0.2, 0.25) is 0 Å². The molecule has 1 aromatic rings. The second-order valence-electron chi connectivity index (χ2n) is 4.04. The monoisotopic (exact) mass is 254 g/mol. The first-order valence-electron chi connectivity index (χ1n) is 5.72. The van der Waals surface area contributed by atoms with E-state index in [1.54, 1.807) is 17.8 Å². The van der Waals surface area contributed by atoms with Crippen LogP contribution in [0.3, 0.4) is 0 Å². The fourth-order valence-corrected chi connectivity index (χ4v) is 3.25. The van der Waals surface area contributed by atoms with Gasteiger partial charge >= 0.3 is 0 Å². The van der Waals surface area contributed by atoms with Crippen LogP contribution < -0.4 is 4.74 Å². The van der Waals surface area contributed by atoms with Gasteiger partial charge in [0.25, 0.3) is 0 Å². The molecule has 0 amide bonds. The summed E-state index contributed by atoms with van der Waals surface area (Å²) >= 11 is 1.63. The van der Waals surface area contributed by atoms with Crippen LogP contribution >= 0.6 is 11.8 Å². The Bertz CT molecular complexity index is 414. The molecular formula is C13H15FO2S. The van der Waals surface area contributed by atoms with Crippen molar-refractivity contribution in [3.63, 3.8) is 0 Å². The van der Waals surface area contributed by atoms with Crippen molar-refractivity contribution in [1.29, 1.82) is 0 Å². The van der Waals surface area contributed by atoms with Crippen molar-refractivity contribution in [2.24, 2.45) is 0 Å². The molecule has 1 aliphatic rings. The van der Waals surface area contributed by atoms with Crippen LogP contribution in [0.15, 0.2) is 18.2 Å². The maximum Gasteiger partial charge on any atom is 0.178 e. The average molecular weight is 254 g/mol. The van der Waals surface area contributed by atoms with E-state index in [4.69, 9.17) is 4.74 Å². The minimum Gasteiger partial charge on any atom is -0.494 e. The lowest BCUT2D eigenvalue weighted by atomic mass is 10.0. The second-order valence-corrected chi connectivity index (χ2v) is 5.35. The zero-order chi connectivity index (χ0) is 12.3. The largest absolute Gasteiger partial charge is 0.494 e. The third kappa shape index (κ3) is 2.63. The van der Waals surface area contributed by atoms with E-state index in [-0.39, 0.29) is 22.3 Å². The highest BCUT2D eigenvalue weighted by atomic mass is 32.2. The van der Waals surface area contributed by atoms with Crippen LogP contribution in [0.25, 0.3) is 0 Å². The van der Waals surface area contributed by atoms with Crippen LogP contribution in [0.1, 0.15) is 29.6 Å². The molecule has 0 saturated carbocycles. The highest BCUT2D eigenvalue weighted by Gasteiger charge is 2.26. The minimum absolute atomic E-state index is 0.0923. The Balaban J connectivity index is 2.23. The highest BCUT2D eigenvalue weighted by Crippen LogP contribution is 2.30. The van der Waals surface area contributed by atoms with Gasteiger partial charge in [0.05, 0.1) is 17.9 Å². The summed E-state index contributed by atoms with van der Waals surface area (Å²) in [6, 6.07) is 4.72. The molecule has 1 aliphatic heterocycles. The van der Waals surface area contributed by atoms with E-state index in [9.17, 15) is 9.18 Å². The van der Waals surface area contributed by atoms with Crippen LogP contribution in [0.2, 0.25) is 0 Å². The van der Waals surface area contributed by atoms with Crippen LogP contribution in [0.5, 0.6) is 5.75 Å². The molecule has 1 fully saturated rings. The second kappa shape index (κ2) is 5.54. The Morgan fingerprint density at radius 3 is 2.94 bits per heavy atom. The quantitative estimate of drug-likeness (QED) is 0.774. The standard InChI is InChI=1S/C13H15FO2S/c1-16-10-6-4-5-9(12(10)14)13(15)11-7-2-3-8-17-11/h4-6,11H,2-3,7-8H2,1H3. The SMILES string of the molecule is COc1cccc(C(=O)C2CCCCS2)c1F. The summed E-state index contributed by atoms with van der Waals surface area (Å²) in [5.41, 5.74) is 0.156. The van der Waals surface area contributed by atoms with Gasteiger partial charge in [-0.3, -0.25) is 4.79 Å². The normalized spacial score (nSPS) is 20.0. The van der Waals surface area contributed by atoms with Crippen LogP contribution in [0, 0.1) is 5.82 Å². The zero-order valence-corrected chi connectivity index (χ0v) is 10.6. The molecule has 2 rings (SSSR count). The molecule has 1 heterocycles. The van der Waals surface area contributed by atoms with Gasteiger partial charge in [-0.2, -0.15) is 11.8 Å². The predicted molar refractivity (Wildman–Crippen MR) is 67.4 cm³/mol. The first kappa shape index (κ1) is 12.4. The van der Waals surface area contributed by atoms with Gasteiger partial charge in [0.1, 0.15) is 0 Å². The van der Waals surface area contributed by atoms with Crippen molar-refractivity contribution >= 4 is 17.5 Å². The number of thioether (sulfide) groups is 1. The van der Waals surface area contributed by atoms with Crippen LogP contribution in [-0.4, -0.2) is 23.9 Å². The molecule has 1 aromatic carbocycles. The lowest BCUT2D eigenvalue weighted by Gasteiger charge is -2.20. The zero-order valence-electron chi connectivity index (χ0n) is 9.74. The molecular weight excluding hydrogens is 239 g/mol. The maximum atomic E-state index is 13.9. The lowest BCUT2D eigenvalue weighted by Crippen LogP contribution is -2.22. The number of carbonyl (C=O) groups is 1. The number of carbonyl (C=O) groups excluding carboxylic acids is 1. The Kier molecular flexibility index (Phi) is 4.05. The maximum absolute atomic E-state index is 13.9. The fraction of sp³-hybridized carbons (Fsp3) is 0.462.